The minimum absolute atomic E-state index is 0.0173. The molecule has 1 fully saturated rings. The van der Waals surface area contributed by atoms with Crippen LogP contribution >= 0.6 is 0 Å². The van der Waals surface area contributed by atoms with E-state index in [4.69, 9.17) is 9.47 Å². The van der Waals surface area contributed by atoms with E-state index in [0.717, 1.165) is 43.9 Å². The van der Waals surface area contributed by atoms with Crippen molar-refractivity contribution in [3.63, 3.8) is 0 Å². The Morgan fingerprint density at radius 3 is 2.86 bits per heavy atom. The highest BCUT2D eigenvalue weighted by atomic mass is 16.5. The Kier molecular flexibility index (Phi) is 8.99. The molecule has 0 spiro atoms. The quantitative estimate of drug-likeness (QED) is 0.418. The van der Waals surface area contributed by atoms with Gasteiger partial charge in [-0.05, 0) is 43.7 Å². The molecule has 2 unspecified atom stereocenters. The zero-order valence-corrected chi connectivity index (χ0v) is 17.7. The van der Waals surface area contributed by atoms with Gasteiger partial charge >= 0.3 is 0 Å². The molecule has 0 radical (unpaired) electrons. The average Bonchev–Trinajstić information content (AvgIpc) is 3.10. The SMILES string of the molecule is CN=C(NCc1ccnc(OC(C)CC(C)C)c1)NCC1(CCO)CCOC1. The van der Waals surface area contributed by atoms with Crippen molar-refractivity contribution in [3.8, 4) is 5.88 Å². The van der Waals surface area contributed by atoms with E-state index in [2.05, 4.69) is 41.4 Å². The molecular formula is C21H36N4O3. The van der Waals surface area contributed by atoms with Gasteiger partial charge in [-0.15, -0.1) is 0 Å². The lowest BCUT2D eigenvalue weighted by molar-refractivity contribution is 0.127. The summed E-state index contributed by atoms with van der Waals surface area (Å²) in [5.41, 5.74) is 1.07. The largest absolute Gasteiger partial charge is 0.475 e. The van der Waals surface area contributed by atoms with Gasteiger partial charge in [0.15, 0.2) is 5.96 Å². The zero-order valence-electron chi connectivity index (χ0n) is 17.7. The van der Waals surface area contributed by atoms with Crippen molar-refractivity contribution in [1.29, 1.82) is 0 Å². The number of guanidine groups is 1. The molecule has 0 aliphatic carbocycles. The van der Waals surface area contributed by atoms with E-state index in [1.165, 1.54) is 0 Å². The number of aromatic nitrogens is 1. The van der Waals surface area contributed by atoms with Gasteiger partial charge < -0.3 is 25.2 Å². The number of nitrogens with one attached hydrogen (secondary N) is 2. The van der Waals surface area contributed by atoms with E-state index in [-0.39, 0.29) is 18.1 Å². The molecule has 1 saturated heterocycles. The van der Waals surface area contributed by atoms with Crippen LogP contribution in [0.3, 0.4) is 0 Å². The van der Waals surface area contributed by atoms with Crippen LogP contribution in [0.4, 0.5) is 0 Å². The van der Waals surface area contributed by atoms with Gasteiger partial charge in [0.25, 0.3) is 0 Å². The monoisotopic (exact) mass is 392 g/mol. The number of aliphatic hydroxyl groups is 1. The van der Waals surface area contributed by atoms with Crippen LogP contribution in [0.25, 0.3) is 0 Å². The lowest BCUT2D eigenvalue weighted by Crippen LogP contribution is -2.44. The number of hydrogen-bond donors (Lipinski definition) is 3. The van der Waals surface area contributed by atoms with E-state index in [9.17, 15) is 5.11 Å². The first-order valence-corrected chi connectivity index (χ1v) is 10.2. The standard InChI is InChI=1S/C21H36N4O3/c1-16(2)11-17(3)28-19-12-18(5-8-23-19)13-24-20(22-4)25-14-21(6-9-26)7-10-27-15-21/h5,8,12,16-17,26H,6-7,9-11,13-15H2,1-4H3,(H2,22,24,25). The molecule has 0 amide bonds. The Hall–Kier alpha value is -1.86. The third-order valence-corrected chi connectivity index (χ3v) is 5.07. The van der Waals surface area contributed by atoms with Crippen LogP contribution in [-0.4, -0.2) is 55.6 Å². The molecule has 0 bridgehead atoms. The van der Waals surface area contributed by atoms with Crippen molar-refractivity contribution in [2.45, 2.75) is 52.7 Å². The number of nitrogens with zero attached hydrogens (tertiary/aromatic N) is 2. The minimum atomic E-state index is -0.0173. The van der Waals surface area contributed by atoms with Crippen molar-refractivity contribution < 1.29 is 14.6 Å². The Balaban J connectivity index is 1.85. The van der Waals surface area contributed by atoms with Crippen molar-refractivity contribution in [3.05, 3.63) is 23.9 Å². The first-order valence-electron chi connectivity index (χ1n) is 10.2. The summed E-state index contributed by atoms with van der Waals surface area (Å²) in [4.78, 5) is 8.62. The van der Waals surface area contributed by atoms with Crippen molar-refractivity contribution in [2.75, 3.05) is 33.4 Å². The third-order valence-electron chi connectivity index (χ3n) is 5.07. The van der Waals surface area contributed by atoms with Gasteiger partial charge in [0.2, 0.25) is 5.88 Å². The molecule has 2 rings (SSSR count). The second-order valence-electron chi connectivity index (χ2n) is 8.12. The van der Waals surface area contributed by atoms with Crippen molar-refractivity contribution in [2.24, 2.45) is 16.3 Å². The Morgan fingerprint density at radius 1 is 1.39 bits per heavy atom. The second-order valence-corrected chi connectivity index (χ2v) is 8.12. The molecule has 7 nitrogen and oxygen atoms in total. The van der Waals surface area contributed by atoms with Crippen LogP contribution in [0.1, 0.15) is 45.6 Å². The van der Waals surface area contributed by atoms with E-state index < -0.39 is 0 Å². The van der Waals surface area contributed by atoms with Gasteiger partial charge in [0.05, 0.1) is 12.7 Å². The summed E-state index contributed by atoms with van der Waals surface area (Å²) in [6.07, 6.45) is 4.60. The molecule has 28 heavy (non-hydrogen) atoms. The number of aliphatic hydroxyl groups excluding tert-OH is 1. The Labute approximate surface area is 169 Å². The fraction of sp³-hybridized carbons (Fsp3) is 0.714. The van der Waals surface area contributed by atoms with Gasteiger partial charge in [-0.1, -0.05) is 13.8 Å². The normalized spacial score (nSPS) is 21.0. The highest BCUT2D eigenvalue weighted by molar-refractivity contribution is 5.79. The molecule has 1 aromatic heterocycles. The fourth-order valence-electron chi connectivity index (χ4n) is 3.53. The molecule has 1 aromatic rings. The second kappa shape index (κ2) is 11.2. The van der Waals surface area contributed by atoms with E-state index in [0.29, 0.717) is 24.9 Å². The number of ether oxygens (including phenoxy) is 2. The van der Waals surface area contributed by atoms with E-state index in [1.807, 2.05) is 12.1 Å². The van der Waals surface area contributed by atoms with Crippen LogP contribution in [0.5, 0.6) is 5.88 Å². The van der Waals surface area contributed by atoms with Crippen LogP contribution in [0, 0.1) is 11.3 Å². The summed E-state index contributed by atoms with van der Waals surface area (Å²) in [7, 11) is 1.76. The average molecular weight is 393 g/mol. The van der Waals surface area contributed by atoms with Crippen LogP contribution in [0.2, 0.25) is 0 Å². The first-order chi connectivity index (χ1) is 13.5. The highest BCUT2D eigenvalue weighted by Crippen LogP contribution is 2.31. The highest BCUT2D eigenvalue weighted by Gasteiger charge is 2.34. The fourth-order valence-corrected chi connectivity index (χ4v) is 3.53. The summed E-state index contributed by atoms with van der Waals surface area (Å²) in [6, 6.07) is 3.94. The molecule has 7 heteroatoms. The maximum atomic E-state index is 9.36. The minimum Gasteiger partial charge on any atom is -0.475 e. The Morgan fingerprint density at radius 2 is 2.21 bits per heavy atom. The van der Waals surface area contributed by atoms with Crippen LogP contribution in [0.15, 0.2) is 23.3 Å². The van der Waals surface area contributed by atoms with Crippen molar-refractivity contribution in [1.82, 2.24) is 15.6 Å². The van der Waals surface area contributed by atoms with Crippen molar-refractivity contribution >= 4 is 5.96 Å². The lowest BCUT2D eigenvalue weighted by atomic mass is 9.84. The number of aliphatic imine (C=N–C) groups is 1. The maximum absolute atomic E-state index is 9.36. The number of rotatable bonds is 10. The smallest absolute Gasteiger partial charge is 0.213 e. The molecular weight excluding hydrogens is 356 g/mol. The molecule has 2 heterocycles. The number of hydrogen-bond acceptors (Lipinski definition) is 5. The van der Waals surface area contributed by atoms with Gasteiger partial charge in [0.1, 0.15) is 0 Å². The van der Waals surface area contributed by atoms with E-state index >= 15 is 0 Å². The van der Waals surface area contributed by atoms with Crippen LogP contribution in [-0.2, 0) is 11.3 Å². The first kappa shape index (κ1) is 22.4. The molecule has 158 valence electrons. The summed E-state index contributed by atoms with van der Waals surface area (Å²) >= 11 is 0. The number of pyridine rings is 1. The molecule has 0 aromatic carbocycles. The van der Waals surface area contributed by atoms with Crippen LogP contribution < -0.4 is 15.4 Å². The van der Waals surface area contributed by atoms with Gasteiger partial charge in [-0.25, -0.2) is 4.98 Å². The maximum Gasteiger partial charge on any atom is 0.213 e. The summed E-state index contributed by atoms with van der Waals surface area (Å²) in [6.45, 7) is 9.41. The molecule has 3 N–H and O–H groups in total. The Bertz CT molecular complexity index is 615. The van der Waals surface area contributed by atoms with E-state index in [1.54, 1.807) is 13.2 Å². The zero-order chi connectivity index (χ0) is 20.4. The predicted octanol–water partition coefficient (Wildman–Crippen LogP) is 2.35. The van der Waals surface area contributed by atoms with Gasteiger partial charge in [0, 0.05) is 51.0 Å². The molecule has 2 atom stereocenters. The predicted molar refractivity (Wildman–Crippen MR) is 112 cm³/mol. The van der Waals surface area contributed by atoms with Gasteiger partial charge in [-0.3, -0.25) is 4.99 Å². The van der Waals surface area contributed by atoms with Gasteiger partial charge in [-0.2, -0.15) is 0 Å². The summed E-state index contributed by atoms with van der Waals surface area (Å²) in [5, 5.41) is 16.1. The molecule has 1 aliphatic heterocycles. The topological polar surface area (TPSA) is 88.0 Å². The summed E-state index contributed by atoms with van der Waals surface area (Å²) < 4.78 is 11.5. The summed E-state index contributed by atoms with van der Waals surface area (Å²) in [5.74, 6) is 1.98. The lowest BCUT2D eigenvalue weighted by Gasteiger charge is -2.27. The third kappa shape index (κ3) is 7.28. The molecule has 1 aliphatic rings. The molecule has 0 saturated carbocycles.